The van der Waals surface area contributed by atoms with Gasteiger partial charge >= 0.3 is 0 Å². The first-order valence-electron chi connectivity index (χ1n) is 8.27. The number of halogens is 1. The molecule has 3 aromatic rings. The van der Waals surface area contributed by atoms with E-state index < -0.39 is 0 Å². The Balaban J connectivity index is 1.87. The molecule has 26 heavy (non-hydrogen) atoms. The molecule has 0 aliphatic carbocycles. The van der Waals surface area contributed by atoms with Crippen molar-refractivity contribution in [3.8, 4) is 5.69 Å². The van der Waals surface area contributed by atoms with E-state index in [0.29, 0.717) is 23.8 Å². The zero-order chi connectivity index (χ0) is 18.1. The van der Waals surface area contributed by atoms with Crippen LogP contribution in [0.25, 0.3) is 5.69 Å². The zero-order valence-electron chi connectivity index (χ0n) is 14.6. The topological polar surface area (TPSA) is 55.5 Å². The van der Waals surface area contributed by atoms with Gasteiger partial charge < -0.3 is 0 Å². The minimum absolute atomic E-state index is 0.261. The van der Waals surface area contributed by atoms with Gasteiger partial charge in [-0.05, 0) is 18.2 Å². The van der Waals surface area contributed by atoms with Gasteiger partial charge in [0, 0.05) is 25.2 Å². The van der Waals surface area contributed by atoms with Gasteiger partial charge in [-0.15, -0.1) is 10.2 Å². The van der Waals surface area contributed by atoms with E-state index in [4.69, 9.17) is 9.83 Å². The number of hydrogen-bond acceptors (Lipinski definition) is 5. The molecule has 0 unspecified atom stereocenters. The van der Waals surface area contributed by atoms with E-state index in [1.807, 2.05) is 34.9 Å². The molecule has 0 saturated carbocycles. The predicted octanol–water partition coefficient (Wildman–Crippen LogP) is 2.75. The van der Waals surface area contributed by atoms with Crippen LogP contribution >= 0.6 is 0 Å². The Bertz CT molecular complexity index is 965. The maximum absolute atomic E-state index is 14.0. The van der Waals surface area contributed by atoms with Crippen molar-refractivity contribution in [3.05, 3.63) is 77.1 Å². The summed E-state index contributed by atoms with van der Waals surface area (Å²) < 4.78 is 15.9. The smallest absolute Gasteiger partial charge is 0.165 e. The Morgan fingerprint density at radius 1 is 1.12 bits per heavy atom. The van der Waals surface area contributed by atoms with Gasteiger partial charge in [-0.3, -0.25) is 14.4 Å². The fourth-order valence-corrected chi connectivity index (χ4v) is 2.99. The van der Waals surface area contributed by atoms with Crippen LogP contribution in [0.4, 0.5) is 4.39 Å². The van der Waals surface area contributed by atoms with Crippen LogP contribution in [-0.4, -0.2) is 39.6 Å². The average Bonchev–Trinajstić information content (AvgIpc) is 2.97. The minimum atomic E-state index is -0.310. The summed E-state index contributed by atoms with van der Waals surface area (Å²) in [4.78, 5) is 10.2. The number of aromatic nitrogens is 3. The van der Waals surface area contributed by atoms with Crippen molar-refractivity contribution in [3.63, 3.8) is 0 Å². The van der Waals surface area contributed by atoms with Gasteiger partial charge in [0.2, 0.25) is 0 Å². The van der Waals surface area contributed by atoms with Gasteiger partial charge in [0.15, 0.2) is 11.6 Å². The molecule has 0 amide bonds. The van der Waals surface area contributed by atoms with Gasteiger partial charge in [0.25, 0.3) is 0 Å². The van der Waals surface area contributed by atoms with Gasteiger partial charge in [-0.25, -0.2) is 4.39 Å². The highest BCUT2D eigenvalue weighted by Gasteiger charge is 2.23. The molecule has 0 atom stereocenters. The summed E-state index contributed by atoms with van der Waals surface area (Å²) in [5, 5.41) is 10.1. The molecule has 1 aliphatic heterocycles. The Hall–Kier alpha value is -2.90. The molecule has 6 nitrogen and oxygen atoms in total. The van der Waals surface area contributed by atoms with E-state index in [1.165, 1.54) is 12.1 Å². The van der Waals surface area contributed by atoms with Crippen molar-refractivity contribution >= 4 is 5.71 Å². The molecule has 0 spiro atoms. The molecule has 1 aromatic heterocycles. The lowest BCUT2D eigenvalue weighted by Gasteiger charge is -2.15. The van der Waals surface area contributed by atoms with Crippen LogP contribution in [0, 0.1) is 5.82 Å². The third-order valence-electron chi connectivity index (χ3n) is 4.13. The monoisotopic (exact) mass is 351 g/mol. The van der Waals surface area contributed by atoms with Gasteiger partial charge in [-0.2, -0.15) is 5.06 Å². The van der Waals surface area contributed by atoms with Gasteiger partial charge in [-0.1, -0.05) is 30.3 Å². The first-order chi connectivity index (χ1) is 12.6. The molecule has 0 bridgehead atoms. The largest absolute Gasteiger partial charge is 0.291 e. The summed E-state index contributed by atoms with van der Waals surface area (Å²) in [6.45, 7) is 0.618. The predicted molar refractivity (Wildman–Crippen MR) is 95.6 cm³/mol. The number of rotatable bonds is 4. The van der Waals surface area contributed by atoms with E-state index in [0.717, 1.165) is 17.0 Å². The lowest BCUT2D eigenvalue weighted by molar-refractivity contribution is -0.133. The third kappa shape index (κ3) is 3.02. The fourth-order valence-electron chi connectivity index (χ4n) is 2.99. The maximum atomic E-state index is 14.0. The Labute approximate surface area is 150 Å². The van der Waals surface area contributed by atoms with Crippen molar-refractivity contribution < 1.29 is 9.23 Å². The fraction of sp³-hybridized carbons (Fsp3) is 0.211. The van der Waals surface area contributed by atoms with Crippen molar-refractivity contribution in [2.75, 3.05) is 14.1 Å². The number of fused-ring (bicyclic) bond motifs is 3. The van der Waals surface area contributed by atoms with Crippen LogP contribution in [0.15, 0.2) is 53.5 Å². The summed E-state index contributed by atoms with van der Waals surface area (Å²) in [5.74, 6) is 1.03. The van der Waals surface area contributed by atoms with Crippen molar-refractivity contribution in [2.24, 2.45) is 4.99 Å². The van der Waals surface area contributed by atoms with Gasteiger partial charge in [0.05, 0.1) is 11.4 Å². The van der Waals surface area contributed by atoms with Crippen molar-refractivity contribution in [1.29, 1.82) is 0 Å². The highest BCUT2D eigenvalue weighted by Crippen LogP contribution is 2.26. The second-order valence-electron chi connectivity index (χ2n) is 6.15. The molecule has 7 heteroatoms. The molecular weight excluding hydrogens is 333 g/mol. The zero-order valence-corrected chi connectivity index (χ0v) is 14.6. The van der Waals surface area contributed by atoms with Crippen LogP contribution in [0.3, 0.4) is 0 Å². The first kappa shape index (κ1) is 16.6. The molecule has 2 heterocycles. The Morgan fingerprint density at radius 2 is 1.92 bits per heavy atom. The molecule has 0 fully saturated rings. The molecule has 0 radical (unpaired) electrons. The average molecular weight is 351 g/mol. The maximum Gasteiger partial charge on any atom is 0.165 e. The van der Waals surface area contributed by atoms with E-state index in [2.05, 4.69) is 10.2 Å². The normalized spacial score (nSPS) is 13.2. The van der Waals surface area contributed by atoms with Crippen LogP contribution < -0.4 is 0 Å². The second kappa shape index (κ2) is 6.78. The van der Waals surface area contributed by atoms with Crippen molar-refractivity contribution in [2.45, 2.75) is 13.2 Å². The molecule has 1 aliphatic rings. The van der Waals surface area contributed by atoms with Gasteiger partial charge in [0.1, 0.15) is 19.0 Å². The quantitative estimate of drug-likeness (QED) is 0.678. The molecule has 4 rings (SSSR count). The van der Waals surface area contributed by atoms with E-state index >= 15 is 0 Å². The highest BCUT2D eigenvalue weighted by atomic mass is 19.1. The Kier molecular flexibility index (Phi) is 4.32. The van der Waals surface area contributed by atoms with Crippen LogP contribution in [0.1, 0.15) is 22.8 Å². The molecule has 0 saturated heterocycles. The second-order valence-corrected chi connectivity index (χ2v) is 6.15. The lowest BCUT2D eigenvalue weighted by atomic mass is 10.0. The SMILES string of the molecule is CN(C)OCc1nnc2n1-c1ccc(F)cc1C(c1ccccc1)=NC2. The van der Waals surface area contributed by atoms with E-state index in [-0.39, 0.29) is 12.4 Å². The summed E-state index contributed by atoms with van der Waals surface area (Å²) in [6, 6.07) is 14.4. The molecule has 2 aromatic carbocycles. The number of nitrogens with zero attached hydrogens (tertiary/aromatic N) is 5. The standard InChI is InChI=1S/C19H18FN5O/c1-24(2)26-12-18-23-22-17-11-21-19(13-6-4-3-5-7-13)15-10-14(20)8-9-16(15)25(17)18/h3-10H,11-12H2,1-2H3. The molecular formula is C19H18FN5O. The van der Waals surface area contributed by atoms with Crippen LogP contribution in [-0.2, 0) is 18.0 Å². The lowest BCUT2D eigenvalue weighted by Crippen LogP contribution is -2.15. The summed E-state index contributed by atoms with van der Waals surface area (Å²) in [7, 11) is 3.61. The Morgan fingerprint density at radius 3 is 2.69 bits per heavy atom. The van der Waals surface area contributed by atoms with Crippen LogP contribution in [0.2, 0.25) is 0 Å². The van der Waals surface area contributed by atoms with Crippen LogP contribution in [0.5, 0.6) is 0 Å². The number of benzene rings is 2. The number of hydroxylamine groups is 2. The first-order valence-corrected chi connectivity index (χ1v) is 8.27. The minimum Gasteiger partial charge on any atom is -0.291 e. The number of hydrogen-bond donors (Lipinski definition) is 0. The van der Waals surface area contributed by atoms with E-state index in [1.54, 1.807) is 25.2 Å². The summed E-state index contributed by atoms with van der Waals surface area (Å²) in [5.41, 5.74) is 3.18. The van der Waals surface area contributed by atoms with Crippen molar-refractivity contribution in [1.82, 2.24) is 19.8 Å². The highest BCUT2D eigenvalue weighted by molar-refractivity contribution is 6.15. The molecule has 0 N–H and O–H groups in total. The third-order valence-corrected chi connectivity index (χ3v) is 4.13. The molecule has 132 valence electrons. The van der Waals surface area contributed by atoms with E-state index in [9.17, 15) is 4.39 Å². The summed E-state index contributed by atoms with van der Waals surface area (Å²) in [6.07, 6.45) is 0. The number of aliphatic imine (C=N–C) groups is 1. The summed E-state index contributed by atoms with van der Waals surface area (Å²) >= 11 is 0.